The molecule has 3 nitrogen and oxygen atoms in total. The van der Waals surface area contributed by atoms with E-state index in [1.165, 1.54) is 19.2 Å². The average molecular weight is 249 g/mol. The van der Waals surface area contributed by atoms with E-state index in [9.17, 15) is 4.39 Å². The Labute approximate surface area is 105 Å². The second-order valence-corrected chi connectivity index (χ2v) is 4.23. The first-order valence-corrected chi connectivity index (χ1v) is 5.69. The molecule has 4 heteroatoms. The Morgan fingerprint density at radius 1 is 1.22 bits per heavy atom. The number of hydrogen-bond acceptors (Lipinski definition) is 3. The molecule has 0 spiro atoms. The van der Waals surface area contributed by atoms with E-state index >= 15 is 0 Å². The molecule has 0 amide bonds. The van der Waals surface area contributed by atoms with Crippen LogP contribution < -0.4 is 10.5 Å². The molecule has 0 aliphatic heterocycles. The number of nitrogens with two attached hydrogens (primary N) is 1. The summed E-state index contributed by atoms with van der Waals surface area (Å²) in [6.45, 7) is 3.69. The van der Waals surface area contributed by atoms with Gasteiger partial charge in [-0.15, -0.1) is 0 Å². The zero-order chi connectivity index (χ0) is 13.3. The fourth-order valence-electron chi connectivity index (χ4n) is 2.08. The molecule has 0 radical (unpaired) electrons. The highest BCUT2D eigenvalue weighted by Gasteiger charge is 2.19. The fraction of sp³-hybridized carbons (Fsp3) is 0.286. The van der Waals surface area contributed by atoms with Gasteiger partial charge in [0.25, 0.3) is 0 Å². The van der Waals surface area contributed by atoms with E-state index in [4.69, 9.17) is 14.9 Å². The molecule has 1 aromatic carbocycles. The maximum absolute atomic E-state index is 13.3. The highest BCUT2D eigenvalue weighted by atomic mass is 19.1. The number of furan rings is 1. The van der Waals surface area contributed by atoms with Crippen LogP contribution in [0.2, 0.25) is 0 Å². The van der Waals surface area contributed by atoms with Gasteiger partial charge in [0.2, 0.25) is 0 Å². The number of methoxy groups -OCH3 is 1. The van der Waals surface area contributed by atoms with Gasteiger partial charge in [-0.1, -0.05) is 0 Å². The molecule has 1 unspecified atom stereocenters. The highest BCUT2D eigenvalue weighted by Crippen LogP contribution is 2.31. The van der Waals surface area contributed by atoms with Gasteiger partial charge in [0.1, 0.15) is 23.1 Å². The van der Waals surface area contributed by atoms with E-state index in [-0.39, 0.29) is 5.82 Å². The summed E-state index contributed by atoms with van der Waals surface area (Å²) in [5.41, 5.74) is 7.63. The van der Waals surface area contributed by atoms with Crippen LogP contribution >= 0.6 is 0 Å². The molecule has 1 heterocycles. The van der Waals surface area contributed by atoms with Crippen LogP contribution in [0.25, 0.3) is 0 Å². The number of ether oxygens (including phenoxy) is 1. The molecule has 0 bridgehead atoms. The third-order valence-corrected chi connectivity index (χ3v) is 2.94. The van der Waals surface area contributed by atoms with Crippen LogP contribution in [0, 0.1) is 19.7 Å². The van der Waals surface area contributed by atoms with Gasteiger partial charge in [0.05, 0.1) is 13.2 Å². The standard InChI is InChI=1S/C14H16FNO2/c1-8-6-11(9(2)18-8)14(16)12-7-10(15)4-5-13(12)17-3/h4-7,14H,16H2,1-3H3. The molecule has 1 atom stereocenters. The third kappa shape index (κ3) is 2.24. The monoisotopic (exact) mass is 249 g/mol. The van der Waals surface area contributed by atoms with Gasteiger partial charge in [-0.05, 0) is 38.1 Å². The minimum Gasteiger partial charge on any atom is -0.496 e. The second kappa shape index (κ2) is 4.82. The van der Waals surface area contributed by atoms with E-state index < -0.39 is 6.04 Å². The molecule has 0 saturated carbocycles. The molecule has 0 aliphatic carbocycles. The van der Waals surface area contributed by atoms with E-state index in [0.717, 1.165) is 17.1 Å². The highest BCUT2D eigenvalue weighted by molar-refractivity contribution is 5.42. The van der Waals surface area contributed by atoms with Crippen molar-refractivity contribution >= 4 is 0 Å². The van der Waals surface area contributed by atoms with Gasteiger partial charge in [-0.2, -0.15) is 0 Å². The zero-order valence-corrected chi connectivity index (χ0v) is 10.7. The number of aryl methyl sites for hydroxylation is 2. The van der Waals surface area contributed by atoms with Crippen molar-refractivity contribution in [1.29, 1.82) is 0 Å². The summed E-state index contributed by atoms with van der Waals surface area (Å²) >= 11 is 0. The Morgan fingerprint density at radius 3 is 2.50 bits per heavy atom. The van der Waals surface area contributed by atoms with Gasteiger partial charge in [0.15, 0.2) is 0 Å². The number of benzene rings is 1. The summed E-state index contributed by atoms with van der Waals surface area (Å²) in [6, 6.07) is 5.72. The average Bonchev–Trinajstić information content (AvgIpc) is 2.67. The van der Waals surface area contributed by atoms with Gasteiger partial charge >= 0.3 is 0 Å². The summed E-state index contributed by atoms with van der Waals surface area (Å²) in [5, 5.41) is 0. The first kappa shape index (κ1) is 12.6. The topological polar surface area (TPSA) is 48.4 Å². The minimum absolute atomic E-state index is 0.334. The molecule has 0 fully saturated rings. The molecular formula is C14H16FNO2. The summed E-state index contributed by atoms with van der Waals surface area (Å²) in [7, 11) is 1.54. The quantitative estimate of drug-likeness (QED) is 0.909. The Morgan fingerprint density at radius 2 is 1.94 bits per heavy atom. The Bertz CT molecular complexity index is 563. The van der Waals surface area contributed by atoms with Gasteiger partial charge in [-0.3, -0.25) is 0 Å². The molecule has 96 valence electrons. The molecular weight excluding hydrogens is 233 g/mol. The maximum Gasteiger partial charge on any atom is 0.124 e. The lowest BCUT2D eigenvalue weighted by atomic mass is 9.99. The molecule has 1 aromatic heterocycles. The molecule has 2 aromatic rings. The van der Waals surface area contributed by atoms with Crippen LogP contribution in [0.5, 0.6) is 5.75 Å². The van der Waals surface area contributed by atoms with Crippen LogP contribution in [0.4, 0.5) is 4.39 Å². The van der Waals surface area contributed by atoms with E-state index in [2.05, 4.69) is 0 Å². The predicted octanol–water partition coefficient (Wildman–Crippen LogP) is 3.09. The van der Waals surface area contributed by atoms with Crippen LogP contribution in [-0.2, 0) is 0 Å². The number of hydrogen-bond donors (Lipinski definition) is 1. The van der Waals surface area contributed by atoms with Crippen molar-refractivity contribution in [2.24, 2.45) is 5.73 Å². The fourth-order valence-corrected chi connectivity index (χ4v) is 2.08. The molecule has 2 rings (SSSR count). The molecule has 2 N–H and O–H groups in total. The smallest absolute Gasteiger partial charge is 0.124 e. The first-order valence-electron chi connectivity index (χ1n) is 5.69. The van der Waals surface area contributed by atoms with E-state index in [0.29, 0.717) is 11.3 Å². The Hall–Kier alpha value is -1.81. The summed E-state index contributed by atoms with van der Waals surface area (Å²) in [5.74, 6) is 1.76. The van der Waals surface area contributed by atoms with Gasteiger partial charge in [0, 0.05) is 11.1 Å². The van der Waals surface area contributed by atoms with Crippen LogP contribution in [0.3, 0.4) is 0 Å². The Kier molecular flexibility index (Phi) is 3.39. The molecule has 0 aliphatic rings. The number of halogens is 1. The third-order valence-electron chi connectivity index (χ3n) is 2.94. The van der Waals surface area contributed by atoms with Gasteiger partial charge in [-0.25, -0.2) is 4.39 Å². The van der Waals surface area contributed by atoms with Crippen molar-refractivity contribution in [2.75, 3.05) is 7.11 Å². The van der Waals surface area contributed by atoms with Crippen molar-refractivity contribution in [2.45, 2.75) is 19.9 Å². The summed E-state index contributed by atoms with van der Waals surface area (Å²) < 4.78 is 24.0. The number of rotatable bonds is 3. The van der Waals surface area contributed by atoms with Crippen molar-refractivity contribution in [3.8, 4) is 5.75 Å². The first-order chi connectivity index (χ1) is 8.52. The lowest BCUT2D eigenvalue weighted by Gasteiger charge is -2.15. The Balaban J connectivity index is 2.48. The van der Waals surface area contributed by atoms with Crippen LogP contribution in [-0.4, -0.2) is 7.11 Å². The van der Waals surface area contributed by atoms with E-state index in [1.807, 2.05) is 19.9 Å². The molecule has 18 heavy (non-hydrogen) atoms. The van der Waals surface area contributed by atoms with Crippen molar-refractivity contribution in [1.82, 2.24) is 0 Å². The van der Waals surface area contributed by atoms with E-state index in [1.54, 1.807) is 6.07 Å². The van der Waals surface area contributed by atoms with Crippen molar-refractivity contribution < 1.29 is 13.5 Å². The lowest BCUT2D eigenvalue weighted by Crippen LogP contribution is -2.13. The van der Waals surface area contributed by atoms with Crippen molar-refractivity contribution in [3.05, 3.63) is 52.7 Å². The largest absolute Gasteiger partial charge is 0.496 e. The second-order valence-electron chi connectivity index (χ2n) is 4.23. The zero-order valence-electron chi connectivity index (χ0n) is 10.7. The molecule has 0 saturated heterocycles. The SMILES string of the molecule is COc1ccc(F)cc1C(N)c1cc(C)oc1C. The normalized spacial score (nSPS) is 12.5. The van der Waals surface area contributed by atoms with Crippen LogP contribution in [0.15, 0.2) is 28.7 Å². The predicted molar refractivity (Wildman–Crippen MR) is 67.2 cm³/mol. The maximum atomic E-state index is 13.3. The van der Waals surface area contributed by atoms with Gasteiger partial charge < -0.3 is 14.9 Å². The van der Waals surface area contributed by atoms with Crippen LogP contribution in [0.1, 0.15) is 28.7 Å². The minimum atomic E-state index is -0.465. The summed E-state index contributed by atoms with van der Waals surface area (Å²) in [4.78, 5) is 0. The summed E-state index contributed by atoms with van der Waals surface area (Å²) in [6.07, 6.45) is 0. The van der Waals surface area contributed by atoms with Crippen molar-refractivity contribution in [3.63, 3.8) is 0 Å². The lowest BCUT2D eigenvalue weighted by molar-refractivity contribution is 0.406.